The number of methoxy groups -OCH3 is 1. The van der Waals surface area contributed by atoms with Gasteiger partial charge in [0.15, 0.2) is 0 Å². The van der Waals surface area contributed by atoms with E-state index < -0.39 is 0 Å². The predicted octanol–water partition coefficient (Wildman–Crippen LogP) is 5.88. The molecular weight excluding hydrogens is 350 g/mol. The smallest absolute Gasteiger partial charge is 0.118 e. The maximum Gasteiger partial charge on any atom is 0.118 e. The molecule has 3 heteroatoms. The van der Waals surface area contributed by atoms with Gasteiger partial charge in [-0.15, -0.1) is 11.3 Å². The Hall–Kier alpha value is -3.35. The van der Waals surface area contributed by atoms with E-state index in [1.54, 1.807) is 18.4 Å². The van der Waals surface area contributed by atoms with Crippen LogP contribution in [0.2, 0.25) is 0 Å². The number of fused-ring (bicyclic) bond motifs is 1. The summed E-state index contributed by atoms with van der Waals surface area (Å²) in [6.07, 6.45) is 4.14. The molecule has 27 heavy (non-hydrogen) atoms. The Labute approximate surface area is 162 Å². The van der Waals surface area contributed by atoms with Gasteiger partial charge >= 0.3 is 0 Å². The normalized spacial score (nSPS) is 10.7. The standard InChI is InChI=1S/C24H17NOS/c1-26-21-13-9-19(10-14-21)7-8-20-11-15-23-22(17-20)25-24(27-23)16-12-18-5-3-2-4-6-18/h2-6,9-17H,1H3. The summed E-state index contributed by atoms with van der Waals surface area (Å²) in [6.45, 7) is 0. The highest BCUT2D eigenvalue weighted by Crippen LogP contribution is 2.24. The molecule has 4 rings (SSSR count). The van der Waals surface area contributed by atoms with Crippen LogP contribution in [0.3, 0.4) is 0 Å². The van der Waals surface area contributed by atoms with E-state index >= 15 is 0 Å². The lowest BCUT2D eigenvalue weighted by atomic mass is 10.1. The van der Waals surface area contributed by atoms with Crippen LogP contribution in [0.5, 0.6) is 5.75 Å². The molecule has 0 unspecified atom stereocenters. The first-order chi connectivity index (χ1) is 13.3. The van der Waals surface area contributed by atoms with E-state index in [0.29, 0.717) is 0 Å². The van der Waals surface area contributed by atoms with Gasteiger partial charge < -0.3 is 4.74 Å². The van der Waals surface area contributed by atoms with Gasteiger partial charge in [-0.1, -0.05) is 48.2 Å². The van der Waals surface area contributed by atoms with Crippen LogP contribution in [0.25, 0.3) is 22.4 Å². The van der Waals surface area contributed by atoms with Gasteiger partial charge in [0.25, 0.3) is 0 Å². The topological polar surface area (TPSA) is 22.1 Å². The molecule has 0 saturated heterocycles. The molecule has 3 aromatic carbocycles. The molecule has 0 amide bonds. The Bertz CT molecular complexity index is 1150. The number of benzene rings is 3. The van der Waals surface area contributed by atoms with E-state index in [4.69, 9.17) is 9.72 Å². The van der Waals surface area contributed by atoms with E-state index in [0.717, 1.165) is 32.1 Å². The highest BCUT2D eigenvalue weighted by atomic mass is 32.1. The number of aromatic nitrogens is 1. The first kappa shape index (κ1) is 17.1. The van der Waals surface area contributed by atoms with Crippen LogP contribution in [0.1, 0.15) is 21.7 Å². The van der Waals surface area contributed by atoms with Crippen molar-refractivity contribution in [1.82, 2.24) is 4.98 Å². The largest absolute Gasteiger partial charge is 0.497 e. The van der Waals surface area contributed by atoms with E-state index in [-0.39, 0.29) is 0 Å². The molecule has 2 nitrogen and oxygen atoms in total. The lowest BCUT2D eigenvalue weighted by Gasteiger charge is -1.97. The summed E-state index contributed by atoms with van der Waals surface area (Å²) in [5, 5.41) is 0.995. The lowest BCUT2D eigenvalue weighted by molar-refractivity contribution is 0.415. The molecule has 0 atom stereocenters. The quantitative estimate of drug-likeness (QED) is 0.422. The predicted molar refractivity (Wildman–Crippen MR) is 114 cm³/mol. The number of nitrogens with zero attached hydrogens (tertiary/aromatic N) is 1. The van der Waals surface area contributed by atoms with Crippen molar-refractivity contribution in [2.45, 2.75) is 0 Å². The minimum Gasteiger partial charge on any atom is -0.497 e. The van der Waals surface area contributed by atoms with Crippen LogP contribution in [-0.4, -0.2) is 12.1 Å². The fourth-order valence-corrected chi connectivity index (χ4v) is 3.50. The van der Waals surface area contributed by atoms with Crippen molar-refractivity contribution < 1.29 is 4.74 Å². The van der Waals surface area contributed by atoms with Crippen LogP contribution >= 0.6 is 11.3 Å². The summed E-state index contributed by atoms with van der Waals surface area (Å²) in [4.78, 5) is 4.71. The molecule has 130 valence electrons. The molecule has 0 aliphatic heterocycles. The molecule has 0 aliphatic carbocycles. The highest BCUT2D eigenvalue weighted by Gasteiger charge is 2.02. The molecular formula is C24H17NOS. The van der Waals surface area contributed by atoms with Crippen LogP contribution < -0.4 is 4.74 Å². The molecule has 0 spiro atoms. The van der Waals surface area contributed by atoms with Crippen molar-refractivity contribution >= 4 is 33.7 Å². The maximum atomic E-state index is 5.17. The Morgan fingerprint density at radius 2 is 1.59 bits per heavy atom. The third-order valence-electron chi connectivity index (χ3n) is 4.06. The van der Waals surface area contributed by atoms with Crippen molar-refractivity contribution in [1.29, 1.82) is 0 Å². The Morgan fingerprint density at radius 1 is 0.852 bits per heavy atom. The van der Waals surface area contributed by atoms with E-state index in [9.17, 15) is 0 Å². The van der Waals surface area contributed by atoms with Gasteiger partial charge in [0.2, 0.25) is 0 Å². The summed E-state index contributed by atoms with van der Waals surface area (Å²) >= 11 is 1.68. The minimum absolute atomic E-state index is 0.834. The maximum absolute atomic E-state index is 5.17. The first-order valence-corrected chi connectivity index (χ1v) is 9.42. The summed E-state index contributed by atoms with van der Waals surface area (Å²) in [6, 6.07) is 24.2. The fraction of sp³-hybridized carbons (Fsp3) is 0.0417. The van der Waals surface area contributed by atoms with Gasteiger partial charge in [0.05, 0.1) is 17.3 Å². The fourth-order valence-electron chi connectivity index (χ4n) is 2.64. The summed E-state index contributed by atoms with van der Waals surface area (Å²) < 4.78 is 6.33. The van der Waals surface area contributed by atoms with E-state index in [2.05, 4.69) is 42.2 Å². The summed E-state index contributed by atoms with van der Waals surface area (Å²) in [5.41, 5.74) is 4.07. The third kappa shape index (κ3) is 4.25. The van der Waals surface area contributed by atoms with Gasteiger partial charge in [-0.25, -0.2) is 4.98 Å². The van der Waals surface area contributed by atoms with E-state index in [1.165, 1.54) is 5.56 Å². The third-order valence-corrected chi connectivity index (χ3v) is 5.06. The Morgan fingerprint density at radius 3 is 2.37 bits per heavy atom. The van der Waals surface area contributed by atoms with Crippen LogP contribution in [0, 0.1) is 11.8 Å². The van der Waals surface area contributed by atoms with Crippen molar-refractivity contribution in [3.05, 3.63) is 94.5 Å². The minimum atomic E-state index is 0.834. The zero-order chi connectivity index (χ0) is 18.5. The van der Waals surface area contributed by atoms with Gasteiger partial charge in [-0.2, -0.15) is 0 Å². The molecule has 0 fully saturated rings. The number of thiazole rings is 1. The molecule has 0 radical (unpaired) electrons. The van der Waals surface area contributed by atoms with Gasteiger partial charge in [-0.3, -0.25) is 0 Å². The molecule has 4 aromatic rings. The monoisotopic (exact) mass is 367 g/mol. The van der Waals surface area contributed by atoms with Gasteiger partial charge in [0.1, 0.15) is 10.8 Å². The number of rotatable bonds is 3. The van der Waals surface area contributed by atoms with Gasteiger partial charge in [0, 0.05) is 11.1 Å². The average molecular weight is 367 g/mol. The van der Waals surface area contributed by atoms with Crippen molar-refractivity contribution in [2.75, 3.05) is 7.11 Å². The second-order valence-corrected chi connectivity index (χ2v) is 7.02. The molecule has 0 aliphatic rings. The number of ether oxygens (including phenoxy) is 1. The van der Waals surface area contributed by atoms with Crippen molar-refractivity contribution in [2.24, 2.45) is 0 Å². The first-order valence-electron chi connectivity index (χ1n) is 8.60. The summed E-state index contributed by atoms with van der Waals surface area (Å²) in [7, 11) is 1.66. The zero-order valence-electron chi connectivity index (χ0n) is 14.8. The Kier molecular flexibility index (Phi) is 5.00. The van der Waals surface area contributed by atoms with E-state index in [1.807, 2.05) is 54.6 Å². The van der Waals surface area contributed by atoms with Crippen molar-refractivity contribution in [3.63, 3.8) is 0 Å². The molecule has 1 aromatic heterocycles. The molecule has 0 saturated carbocycles. The SMILES string of the molecule is COc1ccc(C#Cc2ccc3sc(C=Cc4ccccc4)nc3c2)cc1. The Balaban J connectivity index is 1.56. The van der Waals surface area contributed by atoms with Crippen LogP contribution in [0.4, 0.5) is 0 Å². The van der Waals surface area contributed by atoms with Crippen LogP contribution in [0.15, 0.2) is 72.8 Å². The average Bonchev–Trinajstić information content (AvgIpc) is 3.14. The number of hydrogen-bond donors (Lipinski definition) is 0. The molecule has 0 bridgehead atoms. The summed E-state index contributed by atoms with van der Waals surface area (Å²) in [5.74, 6) is 7.23. The second kappa shape index (κ2) is 7.90. The highest BCUT2D eigenvalue weighted by molar-refractivity contribution is 7.19. The molecule has 1 heterocycles. The number of hydrogen-bond acceptors (Lipinski definition) is 3. The lowest BCUT2D eigenvalue weighted by Crippen LogP contribution is -1.82. The van der Waals surface area contributed by atoms with Crippen LogP contribution in [-0.2, 0) is 0 Å². The zero-order valence-corrected chi connectivity index (χ0v) is 15.7. The van der Waals surface area contributed by atoms with Crippen molar-refractivity contribution in [3.8, 4) is 17.6 Å². The molecule has 0 N–H and O–H groups in total. The second-order valence-electron chi connectivity index (χ2n) is 5.96. The van der Waals surface area contributed by atoms with Gasteiger partial charge in [-0.05, 0) is 54.1 Å².